The summed E-state index contributed by atoms with van der Waals surface area (Å²) < 4.78 is 10.7. The van der Waals surface area contributed by atoms with Gasteiger partial charge in [-0.05, 0) is 18.9 Å². The number of hydrogen-bond acceptors (Lipinski definition) is 5. The monoisotopic (exact) mass is 270 g/mol. The van der Waals surface area contributed by atoms with Gasteiger partial charge in [0.1, 0.15) is 0 Å². The Labute approximate surface area is 115 Å². The van der Waals surface area contributed by atoms with E-state index in [1.807, 2.05) is 0 Å². The number of nitrogens with zero attached hydrogens (tertiary/aromatic N) is 2. The van der Waals surface area contributed by atoms with Crippen LogP contribution in [0.2, 0.25) is 0 Å². The first-order valence-corrected chi connectivity index (χ1v) is 7.51. The predicted molar refractivity (Wildman–Crippen MR) is 72.1 cm³/mol. The van der Waals surface area contributed by atoms with Crippen molar-refractivity contribution in [3.63, 3.8) is 0 Å². The Morgan fingerprint density at radius 1 is 1.05 bits per heavy atom. The Balaban J connectivity index is 1.42. The van der Waals surface area contributed by atoms with E-state index in [2.05, 4.69) is 9.80 Å². The van der Waals surface area contributed by atoms with Crippen LogP contribution in [0.3, 0.4) is 0 Å². The summed E-state index contributed by atoms with van der Waals surface area (Å²) >= 11 is 0. The second-order valence-electron chi connectivity index (χ2n) is 6.45. The lowest BCUT2D eigenvalue weighted by atomic mass is 9.86. The quantitative estimate of drug-likeness (QED) is 0.740. The van der Waals surface area contributed by atoms with E-state index in [-0.39, 0.29) is 12.0 Å². The molecule has 0 spiro atoms. The van der Waals surface area contributed by atoms with E-state index in [0.29, 0.717) is 0 Å². The average molecular weight is 270 g/mol. The lowest BCUT2D eigenvalue weighted by Gasteiger charge is -2.42. The first-order chi connectivity index (χ1) is 9.30. The zero-order chi connectivity index (χ0) is 13.1. The highest BCUT2D eigenvalue weighted by Gasteiger charge is 2.41. The lowest BCUT2D eigenvalue weighted by molar-refractivity contribution is -0.146. The Morgan fingerprint density at radius 3 is 2.47 bits per heavy atom. The SMILES string of the molecule is OCC1(CN2CCC(CN3CCOCC3)C2)COC1. The minimum absolute atomic E-state index is 0.0356. The van der Waals surface area contributed by atoms with Gasteiger partial charge >= 0.3 is 0 Å². The summed E-state index contributed by atoms with van der Waals surface area (Å²) in [6.07, 6.45) is 1.29. The molecule has 0 aromatic rings. The van der Waals surface area contributed by atoms with Gasteiger partial charge in [0.2, 0.25) is 0 Å². The van der Waals surface area contributed by atoms with E-state index in [1.165, 1.54) is 26.1 Å². The third kappa shape index (κ3) is 3.28. The molecule has 1 unspecified atom stereocenters. The molecule has 3 rings (SSSR count). The highest BCUT2D eigenvalue weighted by molar-refractivity contribution is 4.90. The second-order valence-corrected chi connectivity index (χ2v) is 6.45. The van der Waals surface area contributed by atoms with Gasteiger partial charge < -0.3 is 19.5 Å². The summed E-state index contributed by atoms with van der Waals surface area (Å²) in [7, 11) is 0. The van der Waals surface area contributed by atoms with Gasteiger partial charge in [0.25, 0.3) is 0 Å². The minimum atomic E-state index is 0.0356. The topological polar surface area (TPSA) is 45.2 Å². The minimum Gasteiger partial charge on any atom is -0.396 e. The molecule has 1 atom stereocenters. The molecular weight excluding hydrogens is 244 g/mol. The molecule has 5 nitrogen and oxygen atoms in total. The maximum Gasteiger partial charge on any atom is 0.0594 e. The smallest absolute Gasteiger partial charge is 0.0594 e. The summed E-state index contributed by atoms with van der Waals surface area (Å²) in [6.45, 7) is 10.2. The van der Waals surface area contributed by atoms with Crippen molar-refractivity contribution in [2.75, 3.05) is 72.3 Å². The fraction of sp³-hybridized carbons (Fsp3) is 1.00. The van der Waals surface area contributed by atoms with Crippen molar-refractivity contribution in [2.24, 2.45) is 11.3 Å². The molecule has 0 saturated carbocycles. The molecule has 110 valence electrons. The van der Waals surface area contributed by atoms with Crippen LogP contribution in [0.5, 0.6) is 0 Å². The van der Waals surface area contributed by atoms with E-state index in [0.717, 1.165) is 52.0 Å². The molecule has 0 amide bonds. The maximum absolute atomic E-state index is 9.50. The van der Waals surface area contributed by atoms with Crippen molar-refractivity contribution in [1.29, 1.82) is 0 Å². The fourth-order valence-corrected chi connectivity index (χ4v) is 3.45. The van der Waals surface area contributed by atoms with E-state index in [1.54, 1.807) is 0 Å². The highest BCUT2D eigenvalue weighted by atomic mass is 16.5. The standard InChI is InChI=1S/C14H26N2O3/c17-10-14(11-19-12-14)9-16-2-1-13(8-16)7-15-3-5-18-6-4-15/h13,17H,1-12H2. The zero-order valence-corrected chi connectivity index (χ0v) is 11.7. The van der Waals surface area contributed by atoms with Crippen LogP contribution in [-0.4, -0.2) is 87.2 Å². The molecule has 0 aliphatic carbocycles. The molecule has 0 aromatic heterocycles. The average Bonchev–Trinajstić information content (AvgIpc) is 2.82. The van der Waals surface area contributed by atoms with Gasteiger partial charge in [0.15, 0.2) is 0 Å². The molecule has 19 heavy (non-hydrogen) atoms. The predicted octanol–water partition coefficient (Wildman–Crippen LogP) is -0.351. The molecule has 0 bridgehead atoms. The fourth-order valence-electron chi connectivity index (χ4n) is 3.45. The van der Waals surface area contributed by atoms with E-state index in [9.17, 15) is 5.11 Å². The van der Waals surface area contributed by atoms with Gasteiger partial charge in [-0.2, -0.15) is 0 Å². The molecule has 0 aromatic carbocycles. The van der Waals surface area contributed by atoms with Crippen molar-refractivity contribution in [3.05, 3.63) is 0 Å². The Kier molecular flexibility index (Phi) is 4.39. The molecule has 3 fully saturated rings. The summed E-state index contributed by atoms with van der Waals surface area (Å²) in [5.41, 5.74) is 0.0356. The van der Waals surface area contributed by atoms with Crippen LogP contribution in [0.1, 0.15) is 6.42 Å². The normalized spacial score (nSPS) is 32.4. The van der Waals surface area contributed by atoms with Crippen LogP contribution < -0.4 is 0 Å². The Hall–Kier alpha value is -0.200. The van der Waals surface area contributed by atoms with Crippen LogP contribution >= 0.6 is 0 Å². The van der Waals surface area contributed by atoms with E-state index >= 15 is 0 Å². The summed E-state index contributed by atoms with van der Waals surface area (Å²) in [5, 5.41) is 9.50. The van der Waals surface area contributed by atoms with Crippen LogP contribution in [0, 0.1) is 11.3 Å². The largest absolute Gasteiger partial charge is 0.396 e. The third-order valence-electron chi connectivity index (χ3n) is 4.70. The Morgan fingerprint density at radius 2 is 1.84 bits per heavy atom. The number of rotatable bonds is 5. The number of aliphatic hydroxyl groups is 1. The van der Waals surface area contributed by atoms with Crippen LogP contribution in [0.4, 0.5) is 0 Å². The molecule has 3 aliphatic rings. The number of likely N-dealkylation sites (tertiary alicyclic amines) is 1. The van der Waals surface area contributed by atoms with Gasteiger partial charge in [-0.1, -0.05) is 0 Å². The molecule has 5 heteroatoms. The first-order valence-electron chi connectivity index (χ1n) is 7.51. The van der Waals surface area contributed by atoms with Gasteiger partial charge in [-0.15, -0.1) is 0 Å². The van der Waals surface area contributed by atoms with E-state index in [4.69, 9.17) is 9.47 Å². The third-order valence-corrected chi connectivity index (χ3v) is 4.70. The first kappa shape index (κ1) is 13.8. The molecule has 3 heterocycles. The number of hydrogen-bond donors (Lipinski definition) is 1. The molecule has 1 N–H and O–H groups in total. The molecular formula is C14H26N2O3. The number of morpholine rings is 1. The van der Waals surface area contributed by atoms with Gasteiger partial charge in [0, 0.05) is 32.7 Å². The van der Waals surface area contributed by atoms with Gasteiger partial charge in [-0.25, -0.2) is 0 Å². The zero-order valence-electron chi connectivity index (χ0n) is 11.7. The Bertz CT molecular complexity index is 285. The van der Waals surface area contributed by atoms with Gasteiger partial charge in [0.05, 0.1) is 38.4 Å². The van der Waals surface area contributed by atoms with Crippen molar-refractivity contribution < 1.29 is 14.6 Å². The lowest BCUT2D eigenvalue weighted by Crippen LogP contribution is -2.53. The van der Waals surface area contributed by atoms with Crippen molar-refractivity contribution >= 4 is 0 Å². The second kappa shape index (κ2) is 6.06. The summed E-state index contributed by atoms with van der Waals surface area (Å²) in [6, 6.07) is 0. The molecule has 3 saturated heterocycles. The summed E-state index contributed by atoms with van der Waals surface area (Å²) in [5.74, 6) is 0.787. The molecule has 0 radical (unpaired) electrons. The van der Waals surface area contributed by atoms with Crippen molar-refractivity contribution in [1.82, 2.24) is 9.80 Å². The van der Waals surface area contributed by atoms with E-state index < -0.39 is 0 Å². The van der Waals surface area contributed by atoms with Crippen LogP contribution in [-0.2, 0) is 9.47 Å². The number of ether oxygens (including phenoxy) is 2. The highest BCUT2D eigenvalue weighted by Crippen LogP contribution is 2.30. The van der Waals surface area contributed by atoms with Gasteiger partial charge in [-0.3, -0.25) is 4.90 Å². The maximum atomic E-state index is 9.50. The number of aliphatic hydroxyl groups excluding tert-OH is 1. The van der Waals surface area contributed by atoms with Crippen LogP contribution in [0.15, 0.2) is 0 Å². The van der Waals surface area contributed by atoms with Crippen molar-refractivity contribution in [2.45, 2.75) is 6.42 Å². The van der Waals surface area contributed by atoms with Crippen LogP contribution in [0.25, 0.3) is 0 Å². The summed E-state index contributed by atoms with van der Waals surface area (Å²) in [4.78, 5) is 5.05. The van der Waals surface area contributed by atoms with Crippen molar-refractivity contribution in [3.8, 4) is 0 Å². The molecule has 3 aliphatic heterocycles.